The summed E-state index contributed by atoms with van der Waals surface area (Å²) in [5.74, 6) is 2.43. The molecular formula is C48H54N8O10. The fourth-order valence-corrected chi connectivity index (χ4v) is 9.78. The van der Waals surface area contributed by atoms with Crippen molar-refractivity contribution in [3.8, 4) is 45.1 Å². The van der Waals surface area contributed by atoms with Crippen molar-refractivity contribution < 1.29 is 47.6 Å². The minimum Gasteiger partial charge on any atom is -0.488 e. The summed E-state index contributed by atoms with van der Waals surface area (Å²) in [5, 5.41) is 5.38. The third-order valence-corrected chi connectivity index (χ3v) is 13.1. The van der Waals surface area contributed by atoms with Crippen LogP contribution < -0.4 is 20.1 Å². The van der Waals surface area contributed by atoms with Crippen LogP contribution in [0.3, 0.4) is 0 Å². The lowest BCUT2D eigenvalue weighted by Crippen LogP contribution is -2.54. The van der Waals surface area contributed by atoms with Gasteiger partial charge in [-0.25, -0.2) is 19.6 Å². The highest BCUT2D eigenvalue weighted by molar-refractivity contribution is 5.90. The zero-order valence-corrected chi connectivity index (χ0v) is 37.7. The minimum absolute atomic E-state index is 0.0478. The van der Waals surface area contributed by atoms with E-state index in [9.17, 15) is 19.2 Å². The molecule has 0 bridgehead atoms. The SMILES string of the molecule is COC[C@H]1C[C@@H](c2ncc(-c3cc4c5c(c3)OCc3cc(-c6cnc([C@@H]7C[C@H](C)CN7C(=O)C(NC(=O)OC)c7ccccc7)[nH]6)cc(c3-5)OC4)[nH]2)N(C(=O)[C@@H](NC(=O)OC)[C@@H](C)OC)C1. The summed E-state index contributed by atoms with van der Waals surface area (Å²) in [6.07, 6.45) is 2.81. The number of likely N-dealkylation sites (tertiary alicyclic amines) is 2. The molecule has 7 atom stereocenters. The molecule has 66 heavy (non-hydrogen) atoms. The average Bonchev–Trinajstić information content (AvgIpc) is 4.18. The van der Waals surface area contributed by atoms with Crippen LogP contribution in [0.5, 0.6) is 11.5 Å². The van der Waals surface area contributed by atoms with E-state index in [4.69, 9.17) is 38.4 Å². The summed E-state index contributed by atoms with van der Waals surface area (Å²) >= 11 is 0. The third kappa shape index (κ3) is 8.41. The van der Waals surface area contributed by atoms with Crippen molar-refractivity contribution in [1.29, 1.82) is 0 Å². The van der Waals surface area contributed by atoms with Gasteiger partial charge in [0.15, 0.2) is 0 Å². The van der Waals surface area contributed by atoms with E-state index in [1.807, 2.05) is 42.5 Å². The van der Waals surface area contributed by atoms with E-state index in [-0.39, 0.29) is 29.7 Å². The maximum atomic E-state index is 14.2. The first-order valence-corrected chi connectivity index (χ1v) is 22.0. The molecule has 2 fully saturated rings. The van der Waals surface area contributed by atoms with E-state index < -0.39 is 36.4 Å². The number of nitrogens with one attached hydrogen (secondary N) is 4. The van der Waals surface area contributed by atoms with E-state index in [2.05, 4.69) is 39.7 Å². The van der Waals surface area contributed by atoms with Gasteiger partial charge in [0.05, 0.1) is 62.8 Å². The van der Waals surface area contributed by atoms with Crippen LogP contribution in [-0.2, 0) is 41.8 Å². The Morgan fingerprint density at radius 2 is 1.32 bits per heavy atom. The maximum Gasteiger partial charge on any atom is 0.407 e. The second-order valence-corrected chi connectivity index (χ2v) is 17.4. The molecule has 6 heterocycles. The molecule has 5 aromatic rings. The number of benzene rings is 3. The Balaban J connectivity index is 0.958. The summed E-state index contributed by atoms with van der Waals surface area (Å²) in [5.41, 5.74) is 7.79. The molecule has 0 spiro atoms. The quantitative estimate of drug-likeness (QED) is 0.104. The monoisotopic (exact) mass is 902 g/mol. The Hall–Kier alpha value is -6.92. The molecule has 0 saturated carbocycles. The Morgan fingerprint density at radius 1 is 0.758 bits per heavy atom. The summed E-state index contributed by atoms with van der Waals surface area (Å²) in [6.45, 7) is 5.81. The van der Waals surface area contributed by atoms with Crippen LogP contribution in [-0.4, -0.2) is 114 Å². The molecule has 2 aromatic heterocycles. The number of methoxy groups -OCH3 is 4. The molecule has 2 saturated heterocycles. The lowest BCUT2D eigenvalue weighted by atomic mass is 9.87. The smallest absolute Gasteiger partial charge is 0.407 e. The van der Waals surface area contributed by atoms with Crippen LogP contribution in [0.25, 0.3) is 33.6 Å². The number of ether oxygens (including phenoxy) is 6. The van der Waals surface area contributed by atoms with Gasteiger partial charge in [-0.3, -0.25) is 9.59 Å². The fraction of sp³-hybridized carbons (Fsp3) is 0.417. The Kier molecular flexibility index (Phi) is 12.4. The number of amides is 4. The Labute approximate surface area is 381 Å². The second-order valence-electron chi connectivity index (χ2n) is 17.4. The molecule has 9 rings (SSSR count). The second kappa shape index (κ2) is 18.5. The molecule has 0 radical (unpaired) electrons. The van der Waals surface area contributed by atoms with Crippen LogP contribution in [0.2, 0.25) is 0 Å². The lowest BCUT2D eigenvalue weighted by Gasteiger charge is -2.30. The molecule has 4 amide bonds. The Bertz CT molecular complexity index is 2580. The van der Waals surface area contributed by atoms with E-state index in [0.29, 0.717) is 63.0 Å². The molecule has 18 nitrogen and oxygen atoms in total. The molecule has 346 valence electrons. The molecular weight excluding hydrogens is 849 g/mol. The number of hydrogen-bond donors (Lipinski definition) is 4. The molecule has 4 aliphatic heterocycles. The fourth-order valence-electron chi connectivity index (χ4n) is 9.78. The number of carbonyl (C=O) groups is 4. The number of imidazole rings is 2. The van der Waals surface area contributed by atoms with Gasteiger partial charge in [0.2, 0.25) is 5.91 Å². The van der Waals surface area contributed by atoms with Gasteiger partial charge in [0.1, 0.15) is 48.4 Å². The number of nitrogens with zero attached hydrogens (tertiary/aromatic N) is 4. The van der Waals surface area contributed by atoms with Crippen molar-refractivity contribution >= 4 is 24.0 Å². The number of aromatic amines is 2. The van der Waals surface area contributed by atoms with Gasteiger partial charge in [0.25, 0.3) is 5.91 Å². The van der Waals surface area contributed by atoms with Crippen LogP contribution in [0.4, 0.5) is 9.59 Å². The van der Waals surface area contributed by atoms with Gasteiger partial charge in [0, 0.05) is 66.6 Å². The average molecular weight is 903 g/mol. The zero-order valence-electron chi connectivity index (χ0n) is 37.7. The first-order chi connectivity index (χ1) is 32.0. The maximum absolute atomic E-state index is 14.2. The molecule has 4 N–H and O–H groups in total. The summed E-state index contributed by atoms with van der Waals surface area (Å²) in [4.78, 5) is 73.0. The summed E-state index contributed by atoms with van der Waals surface area (Å²) in [6, 6.07) is 14.7. The number of alkyl carbamates (subject to hydrolysis) is 2. The predicted octanol–water partition coefficient (Wildman–Crippen LogP) is 6.22. The highest BCUT2D eigenvalue weighted by Crippen LogP contribution is 2.51. The number of hydrogen-bond acceptors (Lipinski definition) is 12. The van der Waals surface area contributed by atoms with E-state index in [1.54, 1.807) is 36.2 Å². The van der Waals surface area contributed by atoms with Crippen molar-refractivity contribution in [3.05, 3.63) is 95.3 Å². The standard InChI is InChI=1S/C48H54N8O10/c1-25-12-35(55(20-25)46(58)42(54-48(60)64-6)28-10-8-7-9-11-28)43-49-18-33(51-43)29-14-31-23-66-38-17-30(15-32-24-65-37(16-29)39(31)40(32)38)34-19-50-44(52-34)36-13-27(22-61-3)21-56(36)45(57)41(26(2)62-4)53-47(59)63-5/h7-11,14-19,25-27,35-36,41-42H,12-13,20-24H2,1-6H3,(H,49,51)(H,50,52)(H,53,59)(H,54,60)/t25-,26+,27-,35-,36-,41-,42?/m0/s1. The number of carbonyl (C=O) groups excluding carboxylic acids is 4. The highest BCUT2D eigenvalue weighted by atomic mass is 16.5. The summed E-state index contributed by atoms with van der Waals surface area (Å²) < 4.78 is 33.6. The van der Waals surface area contributed by atoms with Crippen LogP contribution in [0, 0.1) is 11.8 Å². The van der Waals surface area contributed by atoms with Gasteiger partial charge < -0.3 is 58.8 Å². The normalized spacial score (nSPS) is 20.6. The molecule has 4 aliphatic rings. The van der Waals surface area contributed by atoms with E-state index in [1.165, 1.54) is 21.3 Å². The predicted molar refractivity (Wildman–Crippen MR) is 239 cm³/mol. The van der Waals surface area contributed by atoms with Gasteiger partial charge >= 0.3 is 12.2 Å². The topological polar surface area (TPSA) is 212 Å². The minimum atomic E-state index is -0.978. The highest BCUT2D eigenvalue weighted by Gasteiger charge is 2.43. The first kappa shape index (κ1) is 44.3. The van der Waals surface area contributed by atoms with Crippen LogP contribution in [0.15, 0.2) is 67.0 Å². The van der Waals surface area contributed by atoms with E-state index in [0.717, 1.165) is 56.3 Å². The van der Waals surface area contributed by atoms with Gasteiger partial charge in [-0.2, -0.15) is 0 Å². The van der Waals surface area contributed by atoms with E-state index >= 15 is 0 Å². The molecule has 18 heteroatoms. The van der Waals surface area contributed by atoms with Crippen molar-refractivity contribution in [1.82, 2.24) is 40.4 Å². The molecule has 1 unspecified atom stereocenters. The van der Waals surface area contributed by atoms with Crippen molar-refractivity contribution in [2.24, 2.45) is 11.8 Å². The van der Waals surface area contributed by atoms with Gasteiger partial charge in [-0.05, 0) is 55.5 Å². The van der Waals surface area contributed by atoms with Crippen LogP contribution >= 0.6 is 0 Å². The van der Waals surface area contributed by atoms with Gasteiger partial charge in [-0.1, -0.05) is 37.3 Å². The van der Waals surface area contributed by atoms with Crippen LogP contribution in [0.1, 0.15) is 73.2 Å². The first-order valence-electron chi connectivity index (χ1n) is 22.0. The molecule has 3 aromatic carbocycles. The number of H-pyrrole nitrogens is 2. The Morgan fingerprint density at radius 3 is 1.88 bits per heavy atom. The molecule has 0 aliphatic carbocycles. The van der Waals surface area contributed by atoms with Gasteiger partial charge in [-0.15, -0.1) is 0 Å². The third-order valence-electron chi connectivity index (χ3n) is 13.1. The van der Waals surface area contributed by atoms with Crippen molar-refractivity contribution in [2.75, 3.05) is 48.1 Å². The van der Waals surface area contributed by atoms with Crippen molar-refractivity contribution in [3.63, 3.8) is 0 Å². The number of rotatable bonds is 13. The zero-order chi connectivity index (χ0) is 46.2. The number of aromatic nitrogens is 4. The largest absolute Gasteiger partial charge is 0.488 e. The van der Waals surface area contributed by atoms with Crippen molar-refractivity contribution in [2.45, 2.75) is 70.2 Å². The lowest BCUT2D eigenvalue weighted by molar-refractivity contribution is -0.138. The summed E-state index contributed by atoms with van der Waals surface area (Å²) in [7, 11) is 5.65.